The first-order valence-corrected chi connectivity index (χ1v) is 25.8. The van der Waals surface area contributed by atoms with Crippen LogP contribution in [0.5, 0.6) is 0 Å². The maximum absolute atomic E-state index is 12.7. The highest BCUT2D eigenvalue weighted by molar-refractivity contribution is 8.14. The van der Waals surface area contributed by atoms with Crippen molar-refractivity contribution in [3.05, 3.63) is 61.3 Å². The normalized spacial score (nSPS) is 20.8. The molecule has 2 aromatic rings. The molecule has 24 nitrogen and oxygen atoms in total. The van der Waals surface area contributed by atoms with Crippen molar-refractivity contribution >= 4 is 69.1 Å². The maximum atomic E-state index is 12.7. The molecule has 0 radical (unpaired) electrons. The summed E-state index contributed by atoms with van der Waals surface area (Å²) in [6.45, 7) is 2.62. The topological polar surface area (TPSA) is 364 Å². The zero-order chi connectivity index (χ0) is 48.3. The van der Waals surface area contributed by atoms with Gasteiger partial charge in [0, 0.05) is 30.7 Å². The van der Waals surface area contributed by atoms with Crippen molar-refractivity contribution in [2.45, 2.75) is 96.4 Å². The van der Waals surface area contributed by atoms with E-state index in [0.29, 0.717) is 5.75 Å². The van der Waals surface area contributed by atoms with Crippen LogP contribution >= 0.6 is 35.2 Å². The van der Waals surface area contributed by atoms with Gasteiger partial charge >= 0.3 is 23.5 Å². The van der Waals surface area contributed by atoms with E-state index in [0.717, 1.165) is 48.2 Å². The fraction of sp³-hybridized carbons (Fsp3) is 0.568. The van der Waals surface area contributed by atoms with Gasteiger partial charge in [0.15, 0.2) is 17.7 Å². The third-order valence-corrected chi connectivity index (χ3v) is 13.0. The van der Waals surface area contributed by atoms with Crippen molar-refractivity contribution in [2.24, 2.45) is 5.41 Å². The average molecular weight is 998 g/mol. The van der Waals surface area contributed by atoms with Crippen molar-refractivity contribution in [3.63, 3.8) is 0 Å². The smallest absolute Gasteiger partial charge is 0.386 e. The summed E-state index contributed by atoms with van der Waals surface area (Å²) in [5.41, 5.74) is 4.26. The van der Waals surface area contributed by atoms with Gasteiger partial charge in [0.2, 0.25) is 16.9 Å². The lowest BCUT2D eigenvalue weighted by atomic mass is 9.87. The van der Waals surface area contributed by atoms with E-state index in [9.17, 15) is 57.9 Å². The number of aliphatic hydroxyl groups excluding tert-OH is 2. The maximum Gasteiger partial charge on any atom is 0.481 e. The number of hydrogen-bond donors (Lipinski definition) is 9. The summed E-state index contributed by atoms with van der Waals surface area (Å²) in [5, 5.41) is 26.3. The first-order chi connectivity index (χ1) is 30.6. The number of unbranched alkanes of at least 4 members (excludes halogenated alkanes) is 3. The monoisotopic (exact) mass is 997 g/mol. The first kappa shape index (κ1) is 55.8. The Labute approximate surface area is 379 Å². The Kier molecular flexibility index (Phi) is 23.0. The fourth-order valence-electron chi connectivity index (χ4n) is 5.70. The Morgan fingerprint density at radius 2 is 1.66 bits per heavy atom. The molecule has 3 heterocycles. The molecule has 364 valence electrons. The van der Waals surface area contributed by atoms with E-state index in [1.165, 1.54) is 39.2 Å². The molecule has 3 rings (SSSR count). The summed E-state index contributed by atoms with van der Waals surface area (Å²) in [6.07, 6.45) is 14.7. The highest BCUT2D eigenvalue weighted by atomic mass is 32.2. The number of carbonyl (C=O) groups is 3. The number of nitrogens with one attached hydrogen (secondary N) is 2. The molecule has 28 heteroatoms. The predicted molar refractivity (Wildman–Crippen MR) is 237 cm³/mol. The van der Waals surface area contributed by atoms with Crippen LogP contribution in [-0.2, 0) is 50.7 Å². The Morgan fingerprint density at radius 3 is 2.37 bits per heavy atom. The van der Waals surface area contributed by atoms with Gasteiger partial charge in [-0.25, -0.2) is 28.6 Å². The number of imidazole rings is 1. The number of aromatic nitrogens is 4. The number of phosphoric acid groups is 3. The van der Waals surface area contributed by atoms with Crippen molar-refractivity contribution in [1.82, 2.24) is 30.2 Å². The van der Waals surface area contributed by atoms with E-state index in [-0.39, 0.29) is 41.6 Å². The molecule has 2 unspecified atom stereocenters. The molecule has 2 amide bonds. The summed E-state index contributed by atoms with van der Waals surface area (Å²) < 4.78 is 62.3. The molecule has 1 saturated heterocycles. The largest absolute Gasteiger partial charge is 0.481 e. The van der Waals surface area contributed by atoms with Crippen molar-refractivity contribution in [3.8, 4) is 0 Å². The van der Waals surface area contributed by atoms with Gasteiger partial charge in [-0.1, -0.05) is 87.9 Å². The van der Waals surface area contributed by atoms with E-state index in [2.05, 4.69) is 65.6 Å². The average Bonchev–Trinajstić information content (AvgIpc) is 3.79. The quantitative estimate of drug-likeness (QED) is 0.0186. The Bertz CT molecular complexity index is 2150. The summed E-state index contributed by atoms with van der Waals surface area (Å²) in [5.74, 6) is -1.17. The SMILES string of the molecule is CCCCC/C=C\C/C=C\C/C=C\C=C\C(=O)SCCNC(=O)CCNC(=O)[C@H](O)C(C)(C)COP(=O)(O)OP(=O)(O)OC[C@H]1O[C@@H](n2cnc3c(N)ncnc32)[C@H](O)[C@@H]1OP(=O)(O)O. The highest BCUT2D eigenvalue weighted by Gasteiger charge is 2.50. The number of thioether (sulfide) groups is 1. The van der Waals surface area contributed by atoms with Gasteiger partial charge in [-0.15, -0.1) is 0 Å². The molecule has 7 atom stereocenters. The van der Waals surface area contributed by atoms with E-state index < -0.39 is 84.6 Å². The second-order valence-corrected chi connectivity index (χ2v) is 20.3. The summed E-state index contributed by atoms with van der Waals surface area (Å²) in [4.78, 5) is 88.0. The molecule has 0 bridgehead atoms. The fourth-order valence-corrected chi connectivity index (χ4v) is 9.11. The minimum Gasteiger partial charge on any atom is -0.386 e. The minimum absolute atomic E-state index is 0.0289. The number of anilines is 1. The van der Waals surface area contributed by atoms with Gasteiger partial charge in [0.1, 0.15) is 36.3 Å². The molecule has 0 spiro atoms. The van der Waals surface area contributed by atoms with E-state index >= 15 is 0 Å². The molecular formula is C37H58N7O17P3S. The van der Waals surface area contributed by atoms with Crippen LogP contribution in [0.2, 0.25) is 0 Å². The first-order valence-electron chi connectivity index (χ1n) is 20.2. The van der Waals surface area contributed by atoms with Gasteiger partial charge in [-0.05, 0) is 31.8 Å². The summed E-state index contributed by atoms with van der Waals surface area (Å²) in [7, 11) is -16.4. The van der Waals surface area contributed by atoms with Gasteiger partial charge in [0.25, 0.3) is 0 Å². The van der Waals surface area contributed by atoms with Gasteiger partial charge in [-0.3, -0.25) is 32.5 Å². The number of aliphatic hydroxyl groups is 2. The van der Waals surface area contributed by atoms with Crippen LogP contribution in [0.25, 0.3) is 11.2 Å². The molecule has 1 aliphatic heterocycles. The van der Waals surface area contributed by atoms with Crippen molar-refractivity contribution in [1.29, 1.82) is 0 Å². The number of carbonyl (C=O) groups excluding carboxylic acids is 3. The lowest BCUT2D eigenvalue weighted by molar-refractivity contribution is -0.137. The van der Waals surface area contributed by atoms with Crippen molar-refractivity contribution in [2.75, 3.05) is 37.8 Å². The second kappa shape index (κ2) is 26.8. The van der Waals surface area contributed by atoms with Crippen LogP contribution in [0.3, 0.4) is 0 Å². The number of allylic oxidation sites excluding steroid dienone is 7. The molecule has 10 N–H and O–H groups in total. The standard InChI is InChI=1S/C37H58N7O17P3S/c1-4-5-6-7-8-9-10-11-12-13-14-15-16-17-28(46)65-21-20-39-27(45)18-19-40-35(49)32(48)37(2,3)23-58-64(55,56)61-63(53,54)57-22-26-31(60-62(50,51)52)30(47)36(59-26)44-25-43-29-33(38)41-24-42-34(29)44/h8-9,11-12,14-17,24-26,30-32,36,47-48H,4-7,10,13,18-23H2,1-3H3,(H,39,45)(H,40,49)(H,53,54)(H,55,56)(H2,38,41,42)(H2,50,51,52)/b9-8-,12-11-,15-14-,17-16+/t26-,30-,31-,32+,36-/m1/s1. The van der Waals surface area contributed by atoms with Crippen LogP contribution in [0.4, 0.5) is 5.82 Å². The van der Waals surface area contributed by atoms with Crippen molar-refractivity contribution < 1.29 is 80.5 Å². The van der Waals surface area contributed by atoms with Gasteiger partial charge in [-0.2, -0.15) is 4.31 Å². The molecule has 0 aliphatic carbocycles. The highest BCUT2D eigenvalue weighted by Crippen LogP contribution is 2.61. The number of phosphoric ester groups is 3. The number of fused-ring (bicyclic) bond motifs is 1. The summed E-state index contributed by atoms with van der Waals surface area (Å²) in [6, 6.07) is 0. The number of nitrogens with zero attached hydrogens (tertiary/aromatic N) is 4. The van der Waals surface area contributed by atoms with Gasteiger partial charge in [0.05, 0.1) is 19.5 Å². The number of amides is 2. The van der Waals surface area contributed by atoms with E-state index in [4.69, 9.17) is 19.5 Å². The van der Waals surface area contributed by atoms with Crippen LogP contribution < -0.4 is 16.4 Å². The molecular weight excluding hydrogens is 939 g/mol. The summed E-state index contributed by atoms with van der Waals surface area (Å²) >= 11 is 1.01. The molecule has 0 aromatic carbocycles. The third-order valence-electron chi connectivity index (χ3n) is 9.08. The predicted octanol–water partition coefficient (Wildman–Crippen LogP) is 3.25. The van der Waals surface area contributed by atoms with E-state index in [1.807, 2.05) is 6.08 Å². The second-order valence-electron chi connectivity index (χ2n) is 14.9. The number of nitrogens with two attached hydrogens (primary N) is 1. The van der Waals surface area contributed by atoms with Crippen LogP contribution in [-0.4, -0.2) is 123 Å². The van der Waals surface area contributed by atoms with Crippen LogP contribution in [0.15, 0.2) is 61.3 Å². The Balaban J connectivity index is 1.37. The Morgan fingerprint density at radius 1 is 0.969 bits per heavy atom. The third kappa shape index (κ3) is 20.1. The molecule has 0 saturated carbocycles. The number of rotatable bonds is 29. The number of hydrogen-bond acceptors (Lipinski definition) is 18. The minimum atomic E-state index is -5.58. The Hall–Kier alpha value is -3.48. The molecule has 2 aromatic heterocycles. The molecule has 1 aliphatic rings. The number of nitrogen functional groups attached to an aromatic ring is 1. The molecule has 65 heavy (non-hydrogen) atoms. The lowest BCUT2D eigenvalue weighted by Gasteiger charge is -2.30. The zero-order valence-electron chi connectivity index (χ0n) is 35.9. The van der Waals surface area contributed by atoms with Gasteiger partial charge < -0.3 is 50.9 Å². The number of ether oxygens (including phenoxy) is 1. The van der Waals surface area contributed by atoms with Crippen LogP contribution in [0, 0.1) is 5.41 Å². The molecule has 1 fully saturated rings. The lowest BCUT2D eigenvalue weighted by Crippen LogP contribution is -2.46. The van der Waals surface area contributed by atoms with Crippen LogP contribution in [0.1, 0.15) is 71.9 Å². The van der Waals surface area contributed by atoms with E-state index in [1.54, 1.807) is 12.2 Å². The zero-order valence-corrected chi connectivity index (χ0v) is 39.4.